The summed E-state index contributed by atoms with van der Waals surface area (Å²) in [6.45, 7) is 2.11. The number of ether oxygens (including phenoxy) is 2. The highest BCUT2D eigenvalue weighted by molar-refractivity contribution is 5.00. The van der Waals surface area contributed by atoms with E-state index in [9.17, 15) is 39.5 Å². The van der Waals surface area contributed by atoms with E-state index in [-0.39, 0.29) is 6.42 Å². The number of hydrogen-bond acceptors (Lipinski definition) is 2. The SMILES string of the molecule is FC(F)(F)C(F)(F)C(F)(F)C(F)(F)CCCCCCCCCCOCCC1CCCO1. The summed E-state index contributed by atoms with van der Waals surface area (Å²) in [5, 5.41) is 0. The van der Waals surface area contributed by atoms with Gasteiger partial charge in [0.1, 0.15) is 0 Å². The Balaban J connectivity index is 2.04. The molecule has 1 unspecified atom stereocenters. The van der Waals surface area contributed by atoms with E-state index < -0.39 is 36.8 Å². The zero-order valence-corrected chi connectivity index (χ0v) is 17.4. The second-order valence-corrected chi connectivity index (χ2v) is 7.97. The van der Waals surface area contributed by atoms with Gasteiger partial charge in [-0.15, -0.1) is 0 Å². The highest BCUT2D eigenvalue weighted by Crippen LogP contribution is 2.54. The van der Waals surface area contributed by atoms with Crippen LogP contribution >= 0.6 is 0 Å². The van der Waals surface area contributed by atoms with Crippen molar-refractivity contribution in [3.05, 3.63) is 0 Å². The topological polar surface area (TPSA) is 18.5 Å². The van der Waals surface area contributed by atoms with Crippen LogP contribution in [-0.2, 0) is 9.47 Å². The average Bonchev–Trinajstić information content (AvgIpc) is 3.17. The Bertz CT molecular complexity index is 490. The third-order valence-electron chi connectivity index (χ3n) is 5.35. The molecular formula is C20H31F9O2. The summed E-state index contributed by atoms with van der Waals surface area (Å²) in [5.74, 6) is -18.7. The van der Waals surface area contributed by atoms with Crippen molar-refractivity contribution in [1.29, 1.82) is 0 Å². The van der Waals surface area contributed by atoms with Crippen molar-refractivity contribution in [2.75, 3.05) is 19.8 Å². The van der Waals surface area contributed by atoms with E-state index in [1.54, 1.807) is 0 Å². The maximum absolute atomic E-state index is 13.4. The third-order valence-corrected chi connectivity index (χ3v) is 5.35. The smallest absolute Gasteiger partial charge is 0.381 e. The lowest BCUT2D eigenvalue weighted by Gasteiger charge is -2.33. The molecule has 31 heavy (non-hydrogen) atoms. The van der Waals surface area contributed by atoms with E-state index in [0.29, 0.717) is 32.2 Å². The molecule has 2 nitrogen and oxygen atoms in total. The van der Waals surface area contributed by atoms with Crippen molar-refractivity contribution in [2.24, 2.45) is 0 Å². The van der Waals surface area contributed by atoms with E-state index in [0.717, 1.165) is 51.6 Å². The molecule has 1 atom stereocenters. The van der Waals surface area contributed by atoms with Crippen molar-refractivity contribution in [3.63, 3.8) is 0 Å². The largest absolute Gasteiger partial charge is 0.460 e. The quantitative estimate of drug-likeness (QED) is 0.170. The number of unbranched alkanes of at least 4 members (excludes halogenated alkanes) is 7. The Morgan fingerprint density at radius 3 is 1.74 bits per heavy atom. The molecule has 186 valence electrons. The molecule has 0 spiro atoms. The predicted molar refractivity (Wildman–Crippen MR) is 96.9 cm³/mol. The van der Waals surface area contributed by atoms with E-state index in [1.807, 2.05) is 0 Å². The van der Waals surface area contributed by atoms with Gasteiger partial charge in [-0.1, -0.05) is 38.5 Å². The normalized spacial score (nSPS) is 18.7. The van der Waals surface area contributed by atoms with Gasteiger partial charge < -0.3 is 9.47 Å². The van der Waals surface area contributed by atoms with Crippen molar-refractivity contribution < 1.29 is 49.0 Å². The van der Waals surface area contributed by atoms with Crippen LogP contribution in [0.2, 0.25) is 0 Å². The molecule has 1 fully saturated rings. The third kappa shape index (κ3) is 8.63. The average molecular weight is 474 g/mol. The number of alkyl halides is 9. The van der Waals surface area contributed by atoms with E-state index in [2.05, 4.69) is 0 Å². The van der Waals surface area contributed by atoms with Crippen LogP contribution in [0.1, 0.15) is 77.0 Å². The van der Waals surface area contributed by atoms with Gasteiger partial charge in [0.05, 0.1) is 6.10 Å². The van der Waals surface area contributed by atoms with Gasteiger partial charge in [-0.05, 0) is 32.1 Å². The molecule has 11 heteroatoms. The number of rotatable bonds is 16. The summed E-state index contributed by atoms with van der Waals surface area (Å²) in [6, 6.07) is 0. The Labute approximate surface area is 176 Å². The molecular weight excluding hydrogens is 443 g/mol. The second-order valence-electron chi connectivity index (χ2n) is 7.97. The van der Waals surface area contributed by atoms with Gasteiger partial charge in [-0.25, -0.2) is 0 Å². The van der Waals surface area contributed by atoms with Crippen LogP contribution in [0, 0.1) is 0 Å². The summed E-state index contributed by atoms with van der Waals surface area (Å²) in [5.41, 5.74) is 0. The number of hydrogen-bond donors (Lipinski definition) is 0. The van der Waals surface area contributed by atoms with Gasteiger partial charge in [0, 0.05) is 26.2 Å². The van der Waals surface area contributed by atoms with Crippen molar-refractivity contribution >= 4 is 0 Å². The zero-order valence-electron chi connectivity index (χ0n) is 17.4. The molecule has 1 rings (SSSR count). The standard InChI is InChI=1S/C20H31F9O2/c21-17(22,18(23,24)19(25,26)20(27,28)29)12-7-5-3-1-2-4-6-8-13-30-15-11-16-10-9-14-31-16/h16H,1-15H2. The van der Waals surface area contributed by atoms with E-state index in [1.165, 1.54) is 0 Å². The summed E-state index contributed by atoms with van der Waals surface area (Å²) >= 11 is 0. The van der Waals surface area contributed by atoms with E-state index >= 15 is 0 Å². The van der Waals surface area contributed by atoms with Crippen LogP contribution in [0.4, 0.5) is 39.5 Å². The molecule has 0 aliphatic carbocycles. The Kier molecular flexibility index (Phi) is 11.4. The molecule has 0 radical (unpaired) electrons. The van der Waals surface area contributed by atoms with Crippen LogP contribution in [-0.4, -0.2) is 49.9 Å². The summed E-state index contributed by atoms with van der Waals surface area (Å²) < 4.78 is 126. The first-order valence-corrected chi connectivity index (χ1v) is 10.7. The first-order chi connectivity index (χ1) is 14.3. The Morgan fingerprint density at radius 1 is 0.677 bits per heavy atom. The molecule has 1 aliphatic heterocycles. The lowest BCUT2D eigenvalue weighted by Crippen LogP contribution is -2.60. The van der Waals surface area contributed by atoms with Crippen LogP contribution in [0.25, 0.3) is 0 Å². The fourth-order valence-corrected chi connectivity index (χ4v) is 3.37. The minimum absolute atomic E-state index is 0.0512. The van der Waals surface area contributed by atoms with Crippen LogP contribution in [0.5, 0.6) is 0 Å². The summed E-state index contributed by atoms with van der Waals surface area (Å²) in [7, 11) is 0. The molecule has 0 N–H and O–H groups in total. The van der Waals surface area contributed by atoms with Crippen LogP contribution < -0.4 is 0 Å². The highest BCUT2D eigenvalue weighted by Gasteiger charge is 2.81. The first-order valence-electron chi connectivity index (χ1n) is 10.7. The van der Waals surface area contributed by atoms with Crippen molar-refractivity contribution in [2.45, 2.75) is 107 Å². The first kappa shape index (κ1) is 28.3. The van der Waals surface area contributed by atoms with Crippen molar-refractivity contribution in [1.82, 2.24) is 0 Å². The molecule has 0 aromatic carbocycles. The molecule has 0 aromatic rings. The second kappa shape index (κ2) is 12.5. The van der Waals surface area contributed by atoms with Crippen LogP contribution in [0.15, 0.2) is 0 Å². The van der Waals surface area contributed by atoms with Gasteiger partial charge in [-0.3, -0.25) is 0 Å². The number of halogens is 9. The minimum atomic E-state index is -6.79. The van der Waals surface area contributed by atoms with Crippen molar-refractivity contribution in [3.8, 4) is 0 Å². The van der Waals surface area contributed by atoms with Gasteiger partial charge in [0.2, 0.25) is 0 Å². The monoisotopic (exact) mass is 474 g/mol. The zero-order chi connectivity index (χ0) is 23.6. The summed E-state index contributed by atoms with van der Waals surface area (Å²) in [6.07, 6.45) is -1.14. The molecule has 0 amide bonds. The predicted octanol–water partition coefficient (Wildman–Crippen LogP) is 7.55. The molecule has 0 aromatic heterocycles. The lowest BCUT2D eigenvalue weighted by atomic mass is 9.97. The maximum Gasteiger partial charge on any atom is 0.460 e. The summed E-state index contributed by atoms with van der Waals surface area (Å²) in [4.78, 5) is 0. The highest BCUT2D eigenvalue weighted by atomic mass is 19.4. The van der Waals surface area contributed by atoms with E-state index in [4.69, 9.17) is 9.47 Å². The fourth-order valence-electron chi connectivity index (χ4n) is 3.37. The minimum Gasteiger partial charge on any atom is -0.381 e. The Morgan fingerprint density at radius 2 is 1.23 bits per heavy atom. The fraction of sp³-hybridized carbons (Fsp3) is 1.00. The van der Waals surface area contributed by atoms with Gasteiger partial charge in [-0.2, -0.15) is 39.5 Å². The molecule has 0 bridgehead atoms. The maximum atomic E-state index is 13.4. The lowest BCUT2D eigenvalue weighted by molar-refractivity contribution is -0.396. The molecule has 1 saturated heterocycles. The Hall–Kier alpha value is -0.710. The molecule has 0 saturated carbocycles. The molecule has 1 aliphatic rings. The van der Waals surface area contributed by atoms with Gasteiger partial charge in [0.15, 0.2) is 0 Å². The molecule has 1 heterocycles. The van der Waals surface area contributed by atoms with Gasteiger partial charge >= 0.3 is 23.9 Å². The van der Waals surface area contributed by atoms with Gasteiger partial charge in [0.25, 0.3) is 0 Å². The van der Waals surface area contributed by atoms with Crippen LogP contribution in [0.3, 0.4) is 0 Å².